The van der Waals surface area contributed by atoms with Crippen LogP contribution in [0.15, 0.2) is 36.0 Å². The molecule has 1 aliphatic heterocycles. The minimum absolute atomic E-state index is 0.0999. The molecule has 2 rings (SSSR count). The van der Waals surface area contributed by atoms with Crippen LogP contribution in [-0.4, -0.2) is 17.2 Å². The van der Waals surface area contributed by atoms with Crippen LogP contribution in [0.4, 0.5) is 5.69 Å². The highest BCUT2D eigenvalue weighted by atomic mass is 16.5. The van der Waals surface area contributed by atoms with E-state index in [1.165, 1.54) is 6.08 Å². The lowest BCUT2D eigenvalue weighted by atomic mass is 10.1. The van der Waals surface area contributed by atoms with Crippen LogP contribution in [0.3, 0.4) is 0 Å². The highest BCUT2D eigenvalue weighted by Crippen LogP contribution is 2.20. The molecule has 1 unspecified atom stereocenters. The fraction of sp³-hybridized carbons (Fsp3) is 0.250. The Bertz CT molecular complexity index is 422. The lowest BCUT2D eigenvalue weighted by Crippen LogP contribution is -2.22. The Kier molecular flexibility index (Phi) is 2.81. The maximum absolute atomic E-state index is 11.1. The highest BCUT2D eigenvalue weighted by Gasteiger charge is 2.17. The number of hydrogen-bond acceptors (Lipinski definition) is 4. The number of carbonyl (C=O) groups is 1. The maximum atomic E-state index is 11.1. The van der Waals surface area contributed by atoms with Gasteiger partial charge in [-0.3, -0.25) is 0 Å². The first-order valence-corrected chi connectivity index (χ1v) is 5.11. The van der Waals surface area contributed by atoms with Crippen molar-refractivity contribution >= 4 is 11.7 Å². The first-order valence-electron chi connectivity index (χ1n) is 5.11. The third-order valence-corrected chi connectivity index (χ3v) is 2.29. The summed E-state index contributed by atoms with van der Waals surface area (Å²) >= 11 is 0. The Morgan fingerprint density at radius 1 is 1.38 bits per heavy atom. The number of benzene rings is 1. The van der Waals surface area contributed by atoms with Gasteiger partial charge >= 0.3 is 5.97 Å². The molecule has 0 aliphatic carbocycles. The van der Waals surface area contributed by atoms with E-state index in [9.17, 15) is 4.79 Å². The standard InChI is InChI=1S/C12H13NO3/c1-8-6-10(7-12(15)16-8)13-9-2-4-11(14)5-3-9/h2-5,7-8,13-14H,6H2,1H3. The van der Waals surface area contributed by atoms with Gasteiger partial charge in [-0.15, -0.1) is 0 Å². The predicted molar refractivity (Wildman–Crippen MR) is 60.0 cm³/mol. The van der Waals surface area contributed by atoms with E-state index >= 15 is 0 Å². The van der Waals surface area contributed by atoms with E-state index in [1.807, 2.05) is 6.92 Å². The molecule has 84 valence electrons. The summed E-state index contributed by atoms with van der Waals surface area (Å²) in [7, 11) is 0. The van der Waals surface area contributed by atoms with Crippen LogP contribution in [0.2, 0.25) is 0 Å². The number of cyclic esters (lactones) is 1. The van der Waals surface area contributed by atoms with Gasteiger partial charge in [0.05, 0.1) is 0 Å². The first kappa shape index (κ1) is 10.5. The number of nitrogens with one attached hydrogen (secondary N) is 1. The second-order valence-electron chi connectivity index (χ2n) is 3.79. The zero-order valence-corrected chi connectivity index (χ0v) is 8.93. The van der Waals surface area contributed by atoms with E-state index in [2.05, 4.69) is 5.32 Å². The Morgan fingerprint density at radius 3 is 2.69 bits per heavy atom. The number of ether oxygens (including phenoxy) is 1. The summed E-state index contributed by atoms with van der Waals surface area (Å²) in [6.45, 7) is 1.85. The number of anilines is 1. The monoisotopic (exact) mass is 219 g/mol. The molecule has 1 aliphatic rings. The van der Waals surface area contributed by atoms with E-state index in [1.54, 1.807) is 24.3 Å². The van der Waals surface area contributed by atoms with Gasteiger partial charge in [-0.25, -0.2) is 4.79 Å². The molecule has 0 radical (unpaired) electrons. The van der Waals surface area contributed by atoms with Gasteiger partial charge in [-0.2, -0.15) is 0 Å². The van der Waals surface area contributed by atoms with E-state index in [0.29, 0.717) is 6.42 Å². The van der Waals surface area contributed by atoms with Crippen LogP contribution >= 0.6 is 0 Å². The second-order valence-corrected chi connectivity index (χ2v) is 3.79. The molecule has 1 aromatic carbocycles. The third kappa shape index (κ3) is 2.53. The third-order valence-electron chi connectivity index (χ3n) is 2.29. The zero-order valence-electron chi connectivity index (χ0n) is 8.93. The molecule has 0 amide bonds. The quantitative estimate of drug-likeness (QED) is 0.590. The Balaban J connectivity index is 2.09. The van der Waals surface area contributed by atoms with Crippen molar-refractivity contribution in [2.45, 2.75) is 19.4 Å². The van der Waals surface area contributed by atoms with E-state index < -0.39 is 0 Å². The molecule has 16 heavy (non-hydrogen) atoms. The molecule has 4 heteroatoms. The summed E-state index contributed by atoms with van der Waals surface area (Å²) in [5, 5.41) is 12.2. The maximum Gasteiger partial charge on any atom is 0.332 e. The number of rotatable bonds is 2. The van der Waals surface area contributed by atoms with Crippen molar-refractivity contribution in [3.63, 3.8) is 0 Å². The Hall–Kier alpha value is -1.97. The highest BCUT2D eigenvalue weighted by molar-refractivity contribution is 5.84. The Labute approximate surface area is 93.5 Å². The summed E-state index contributed by atoms with van der Waals surface area (Å²) in [5.74, 6) is -0.101. The number of hydrogen-bond donors (Lipinski definition) is 2. The average molecular weight is 219 g/mol. The van der Waals surface area contributed by atoms with E-state index in [4.69, 9.17) is 9.84 Å². The van der Waals surface area contributed by atoms with Crippen LogP contribution in [0.5, 0.6) is 5.75 Å². The largest absolute Gasteiger partial charge is 0.508 e. The van der Waals surface area contributed by atoms with Crippen LogP contribution < -0.4 is 5.32 Å². The molecule has 0 saturated carbocycles. The predicted octanol–water partition coefficient (Wildman–Crippen LogP) is 2.02. The van der Waals surface area contributed by atoms with Gasteiger partial charge < -0.3 is 15.2 Å². The fourth-order valence-electron chi connectivity index (χ4n) is 1.60. The molecule has 1 aromatic rings. The minimum atomic E-state index is -0.319. The van der Waals surface area contributed by atoms with Crippen LogP contribution in [0.25, 0.3) is 0 Å². The van der Waals surface area contributed by atoms with Crippen LogP contribution in [0, 0.1) is 0 Å². The molecular weight excluding hydrogens is 206 g/mol. The number of aromatic hydroxyl groups is 1. The first-order chi connectivity index (χ1) is 7.63. The van der Waals surface area contributed by atoms with Gasteiger partial charge in [0.25, 0.3) is 0 Å². The van der Waals surface area contributed by atoms with Crippen molar-refractivity contribution in [1.82, 2.24) is 0 Å². The number of esters is 1. The van der Waals surface area contributed by atoms with Crippen molar-refractivity contribution < 1.29 is 14.6 Å². The van der Waals surface area contributed by atoms with Gasteiger partial charge in [0.1, 0.15) is 11.9 Å². The summed E-state index contributed by atoms with van der Waals surface area (Å²) in [6, 6.07) is 6.68. The minimum Gasteiger partial charge on any atom is -0.508 e. The van der Waals surface area contributed by atoms with E-state index in [0.717, 1.165) is 11.4 Å². The molecule has 0 bridgehead atoms. The summed E-state index contributed by atoms with van der Waals surface area (Å²) < 4.78 is 4.98. The van der Waals surface area contributed by atoms with Crippen LogP contribution in [-0.2, 0) is 9.53 Å². The molecule has 1 heterocycles. The van der Waals surface area contributed by atoms with Crippen LogP contribution in [0.1, 0.15) is 13.3 Å². The summed E-state index contributed by atoms with van der Waals surface area (Å²) in [6.07, 6.45) is 2.02. The number of phenols is 1. The van der Waals surface area contributed by atoms with Gasteiger partial charge in [0, 0.05) is 23.9 Å². The average Bonchev–Trinajstić information content (AvgIpc) is 2.20. The SMILES string of the molecule is CC1CC(Nc2ccc(O)cc2)=CC(=O)O1. The zero-order chi connectivity index (χ0) is 11.5. The molecule has 0 aromatic heterocycles. The van der Waals surface area contributed by atoms with Crippen molar-refractivity contribution in [3.05, 3.63) is 36.0 Å². The number of carbonyl (C=O) groups excluding carboxylic acids is 1. The second kappa shape index (κ2) is 4.26. The molecular formula is C12H13NO3. The molecule has 0 spiro atoms. The van der Waals surface area contributed by atoms with Gasteiger partial charge in [-0.1, -0.05) is 0 Å². The smallest absolute Gasteiger partial charge is 0.332 e. The van der Waals surface area contributed by atoms with Crippen molar-refractivity contribution in [3.8, 4) is 5.75 Å². The van der Waals surface area contributed by atoms with Crippen molar-refractivity contribution in [2.24, 2.45) is 0 Å². The summed E-state index contributed by atoms with van der Waals surface area (Å²) in [4.78, 5) is 11.1. The van der Waals surface area contributed by atoms with Gasteiger partial charge in [-0.05, 0) is 31.2 Å². The lowest BCUT2D eigenvalue weighted by molar-refractivity contribution is -0.143. The number of phenolic OH excluding ortho intramolecular Hbond substituents is 1. The molecule has 0 fully saturated rings. The molecule has 2 N–H and O–H groups in total. The normalized spacial score (nSPS) is 19.9. The Morgan fingerprint density at radius 2 is 2.06 bits per heavy atom. The molecule has 0 saturated heterocycles. The fourth-order valence-corrected chi connectivity index (χ4v) is 1.60. The molecule has 1 atom stereocenters. The molecule has 4 nitrogen and oxygen atoms in total. The topological polar surface area (TPSA) is 58.6 Å². The lowest BCUT2D eigenvalue weighted by Gasteiger charge is -2.20. The van der Waals surface area contributed by atoms with Crippen molar-refractivity contribution in [2.75, 3.05) is 5.32 Å². The van der Waals surface area contributed by atoms with Gasteiger partial charge in [0.15, 0.2) is 0 Å². The summed E-state index contributed by atoms with van der Waals surface area (Å²) in [5.41, 5.74) is 1.67. The van der Waals surface area contributed by atoms with E-state index in [-0.39, 0.29) is 17.8 Å². The van der Waals surface area contributed by atoms with Crippen molar-refractivity contribution in [1.29, 1.82) is 0 Å². The van der Waals surface area contributed by atoms with Gasteiger partial charge in [0.2, 0.25) is 0 Å².